The Kier molecular flexibility index (Phi) is 5.05. The first kappa shape index (κ1) is 15.6. The molecule has 0 saturated carbocycles. The Labute approximate surface area is 99.8 Å². The van der Waals surface area contributed by atoms with Crippen LogP contribution >= 0.6 is 0 Å². The van der Waals surface area contributed by atoms with E-state index in [4.69, 9.17) is 4.43 Å². The third-order valence-electron chi connectivity index (χ3n) is 2.77. The van der Waals surface area contributed by atoms with E-state index in [-0.39, 0.29) is 0 Å². The molecule has 0 atom stereocenters. The number of rotatable bonds is 5. The summed E-state index contributed by atoms with van der Waals surface area (Å²) in [7, 11) is -3.46. The van der Waals surface area contributed by atoms with E-state index >= 15 is 0 Å². The molecule has 0 N–H and O–H groups in total. The molecular weight excluding hydrogens is 232 g/mol. The maximum absolute atomic E-state index is 6.15. The molecule has 0 rings (SSSR count). The SMILES string of the molecule is C[Si](C)(C)OCC([Si](C)(C)C)[Si](C)(C)C. The molecule has 0 aromatic rings. The van der Waals surface area contributed by atoms with E-state index in [1.54, 1.807) is 0 Å². The molecule has 0 fully saturated rings. The monoisotopic (exact) mass is 262 g/mol. The van der Waals surface area contributed by atoms with Crippen molar-refractivity contribution in [2.45, 2.75) is 64.1 Å². The van der Waals surface area contributed by atoms with E-state index < -0.39 is 24.5 Å². The normalized spacial score (nSPS) is 14.8. The van der Waals surface area contributed by atoms with E-state index in [2.05, 4.69) is 58.9 Å². The second kappa shape index (κ2) is 4.86. The van der Waals surface area contributed by atoms with Crippen molar-refractivity contribution in [1.82, 2.24) is 0 Å². The summed E-state index contributed by atoms with van der Waals surface area (Å²) in [5.41, 5.74) is 0. The topological polar surface area (TPSA) is 9.23 Å². The molecule has 1 nitrogen and oxygen atoms in total. The zero-order chi connectivity index (χ0) is 12.5. The van der Waals surface area contributed by atoms with Crippen LogP contribution in [0.15, 0.2) is 0 Å². The summed E-state index contributed by atoms with van der Waals surface area (Å²) < 4.78 is 6.15. The molecule has 0 bridgehead atoms. The molecule has 0 radical (unpaired) electrons. The van der Waals surface area contributed by atoms with Crippen LogP contribution < -0.4 is 0 Å². The molecule has 0 aromatic carbocycles. The van der Waals surface area contributed by atoms with E-state index in [1.807, 2.05) is 0 Å². The van der Waals surface area contributed by atoms with Crippen LogP contribution in [0.25, 0.3) is 0 Å². The summed E-state index contributed by atoms with van der Waals surface area (Å²) in [6.45, 7) is 22.8. The van der Waals surface area contributed by atoms with Crippen molar-refractivity contribution in [3.05, 3.63) is 0 Å². The Morgan fingerprint density at radius 3 is 1.27 bits per heavy atom. The van der Waals surface area contributed by atoms with Crippen LogP contribution in [0.3, 0.4) is 0 Å². The minimum absolute atomic E-state index is 0.886. The van der Waals surface area contributed by atoms with Crippen molar-refractivity contribution in [3.63, 3.8) is 0 Å². The van der Waals surface area contributed by atoms with Crippen LogP contribution in [0.1, 0.15) is 0 Å². The van der Waals surface area contributed by atoms with Crippen molar-refractivity contribution in [2.24, 2.45) is 0 Å². The third kappa shape index (κ3) is 6.71. The van der Waals surface area contributed by atoms with E-state index in [1.165, 1.54) is 0 Å². The van der Waals surface area contributed by atoms with Gasteiger partial charge in [-0.1, -0.05) is 39.3 Å². The average molecular weight is 263 g/mol. The van der Waals surface area contributed by atoms with Gasteiger partial charge in [-0.15, -0.1) is 0 Å². The van der Waals surface area contributed by atoms with Crippen molar-refractivity contribution in [3.8, 4) is 0 Å². The molecule has 0 aromatic heterocycles. The Morgan fingerprint density at radius 2 is 1.07 bits per heavy atom. The molecule has 0 aliphatic rings. The van der Waals surface area contributed by atoms with Gasteiger partial charge in [0, 0.05) is 22.8 Å². The molecule has 0 unspecified atom stereocenters. The predicted octanol–water partition coefficient (Wildman–Crippen LogP) is 4.42. The molecule has 0 aliphatic heterocycles. The maximum Gasteiger partial charge on any atom is 0.183 e. The Balaban J connectivity index is 4.56. The van der Waals surface area contributed by atoms with Crippen LogP contribution in [0.2, 0.25) is 64.1 Å². The summed E-state index contributed by atoms with van der Waals surface area (Å²) in [6, 6.07) is 0. The zero-order valence-corrected chi connectivity index (χ0v) is 15.2. The van der Waals surface area contributed by atoms with Gasteiger partial charge >= 0.3 is 0 Å². The molecule has 0 spiro atoms. The van der Waals surface area contributed by atoms with E-state index in [0.29, 0.717) is 0 Å². The average Bonchev–Trinajstić information content (AvgIpc) is 1.75. The standard InChI is InChI=1S/C11H30OSi3/c1-13(2,3)11(14(4,5)6)10-12-15(7,8)9/h11H,10H2,1-9H3. The minimum Gasteiger partial charge on any atom is -0.418 e. The third-order valence-corrected chi connectivity index (χ3v) is 13.5. The zero-order valence-electron chi connectivity index (χ0n) is 12.2. The van der Waals surface area contributed by atoms with Crippen LogP contribution in [-0.4, -0.2) is 31.1 Å². The highest BCUT2D eigenvalue weighted by Gasteiger charge is 2.38. The highest BCUT2D eigenvalue weighted by Crippen LogP contribution is 2.32. The molecule has 92 valence electrons. The van der Waals surface area contributed by atoms with Gasteiger partial charge in [0.05, 0.1) is 0 Å². The molecule has 0 amide bonds. The fourth-order valence-corrected chi connectivity index (χ4v) is 14.7. The smallest absolute Gasteiger partial charge is 0.183 e. The fraction of sp³-hybridized carbons (Fsp3) is 1.00. The number of hydrogen-bond acceptors (Lipinski definition) is 1. The van der Waals surface area contributed by atoms with Gasteiger partial charge in [0.15, 0.2) is 8.32 Å². The molecule has 4 heteroatoms. The molecule has 0 heterocycles. The first-order valence-electron chi connectivity index (χ1n) is 5.98. The minimum atomic E-state index is -1.33. The van der Waals surface area contributed by atoms with Gasteiger partial charge in [0.25, 0.3) is 0 Å². The fourth-order valence-electron chi connectivity index (χ4n) is 2.13. The largest absolute Gasteiger partial charge is 0.418 e. The molecular formula is C11H30OSi3. The second-order valence-corrected chi connectivity index (χ2v) is 23.7. The second-order valence-electron chi connectivity index (χ2n) is 7.71. The molecule has 0 aliphatic carbocycles. The predicted molar refractivity (Wildman–Crippen MR) is 79.7 cm³/mol. The van der Waals surface area contributed by atoms with Gasteiger partial charge in [-0.25, -0.2) is 0 Å². The lowest BCUT2D eigenvalue weighted by Gasteiger charge is -2.39. The van der Waals surface area contributed by atoms with Gasteiger partial charge in [0.1, 0.15) is 0 Å². The van der Waals surface area contributed by atoms with Crippen molar-refractivity contribution in [2.75, 3.05) is 6.61 Å². The van der Waals surface area contributed by atoms with Crippen LogP contribution in [0.4, 0.5) is 0 Å². The van der Waals surface area contributed by atoms with Crippen LogP contribution in [-0.2, 0) is 4.43 Å². The molecule has 0 saturated heterocycles. The van der Waals surface area contributed by atoms with Crippen LogP contribution in [0, 0.1) is 0 Å². The summed E-state index contributed by atoms with van der Waals surface area (Å²) in [6.07, 6.45) is 0. The maximum atomic E-state index is 6.15. The number of hydrogen-bond donors (Lipinski definition) is 0. The van der Waals surface area contributed by atoms with E-state index in [0.717, 1.165) is 11.8 Å². The van der Waals surface area contributed by atoms with Crippen molar-refractivity contribution < 1.29 is 4.43 Å². The van der Waals surface area contributed by atoms with Gasteiger partial charge in [-0.05, 0) is 24.8 Å². The highest BCUT2D eigenvalue weighted by molar-refractivity contribution is 6.96. The summed E-state index contributed by atoms with van der Waals surface area (Å²) >= 11 is 0. The van der Waals surface area contributed by atoms with Gasteiger partial charge in [-0.3, -0.25) is 0 Å². The van der Waals surface area contributed by atoms with E-state index in [9.17, 15) is 0 Å². The Bertz CT molecular complexity index is 181. The first-order chi connectivity index (χ1) is 6.34. The van der Waals surface area contributed by atoms with Crippen molar-refractivity contribution >= 4 is 24.5 Å². The summed E-state index contributed by atoms with van der Waals surface area (Å²) in [5, 5.41) is 0.886. The lowest BCUT2D eigenvalue weighted by atomic mass is 10.8. The summed E-state index contributed by atoms with van der Waals surface area (Å²) in [4.78, 5) is 0. The first-order valence-corrected chi connectivity index (χ1v) is 16.5. The van der Waals surface area contributed by atoms with Gasteiger partial charge in [-0.2, -0.15) is 0 Å². The van der Waals surface area contributed by atoms with Gasteiger partial charge in [0.2, 0.25) is 0 Å². The Hall–Kier alpha value is 0.611. The summed E-state index contributed by atoms with van der Waals surface area (Å²) in [5.74, 6) is 0. The Morgan fingerprint density at radius 1 is 0.733 bits per heavy atom. The lowest BCUT2D eigenvalue weighted by Crippen LogP contribution is -2.47. The highest BCUT2D eigenvalue weighted by atomic mass is 28.4. The quantitative estimate of drug-likeness (QED) is 0.666. The van der Waals surface area contributed by atoms with Crippen molar-refractivity contribution in [1.29, 1.82) is 0 Å². The lowest BCUT2D eigenvalue weighted by molar-refractivity contribution is 0.321. The van der Waals surface area contributed by atoms with Crippen LogP contribution in [0.5, 0.6) is 0 Å². The van der Waals surface area contributed by atoms with Gasteiger partial charge < -0.3 is 4.43 Å². The molecule has 15 heavy (non-hydrogen) atoms.